The Kier molecular flexibility index (Phi) is 5.65. The zero-order chi connectivity index (χ0) is 13.5. The third-order valence-electron chi connectivity index (χ3n) is 2.98. The smallest absolute Gasteiger partial charge is 0.225 e. The summed E-state index contributed by atoms with van der Waals surface area (Å²) in [7, 11) is 3.46. The molecule has 0 fully saturated rings. The van der Waals surface area contributed by atoms with Crippen molar-refractivity contribution in [2.24, 2.45) is 11.7 Å². The molecule has 0 spiro atoms. The molecule has 0 aliphatic rings. The number of hydrogen-bond donors (Lipinski definition) is 1. The average Bonchev–Trinajstić information content (AvgIpc) is 2.39. The fourth-order valence-corrected chi connectivity index (χ4v) is 1.83. The van der Waals surface area contributed by atoms with Crippen LogP contribution in [0.3, 0.4) is 0 Å². The van der Waals surface area contributed by atoms with Crippen molar-refractivity contribution in [3.8, 4) is 5.75 Å². The summed E-state index contributed by atoms with van der Waals surface area (Å²) in [6, 6.07) is 7.74. The Morgan fingerprint density at radius 3 is 2.50 bits per heavy atom. The molecular formula is C14H22N2O2. The maximum Gasteiger partial charge on any atom is 0.225 e. The number of carbonyl (C=O) groups excluding carboxylic acids is 1. The minimum atomic E-state index is -0.0155. The van der Waals surface area contributed by atoms with Gasteiger partial charge in [-0.05, 0) is 30.7 Å². The van der Waals surface area contributed by atoms with Crippen molar-refractivity contribution in [2.45, 2.75) is 19.9 Å². The third kappa shape index (κ3) is 4.04. The van der Waals surface area contributed by atoms with Gasteiger partial charge in [0.25, 0.3) is 0 Å². The fraction of sp³-hybridized carbons (Fsp3) is 0.500. The molecule has 1 aromatic carbocycles. The van der Waals surface area contributed by atoms with Crippen LogP contribution < -0.4 is 10.5 Å². The lowest BCUT2D eigenvalue weighted by atomic mass is 10.1. The van der Waals surface area contributed by atoms with E-state index in [0.717, 1.165) is 17.7 Å². The number of ether oxygens (including phenoxy) is 1. The minimum absolute atomic E-state index is 0.0155. The van der Waals surface area contributed by atoms with Gasteiger partial charge in [0, 0.05) is 19.5 Å². The summed E-state index contributed by atoms with van der Waals surface area (Å²) in [6.45, 7) is 3.07. The van der Waals surface area contributed by atoms with Crippen molar-refractivity contribution < 1.29 is 9.53 Å². The van der Waals surface area contributed by atoms with E-state index in [-0.39, 0.29) is 11.8 Å². The second-order valence-corrected chi connectivity index (χ2v) is 4.52. The monoisotopic (exact) mass is 250 g/mol. The number of nitrogens with two attached hydrogens (primary N) is 1. The number of methoxy groups -OCH3 is 1. The normalized spacial score (nSPS) is 12.0. The van der Waals surface area contributed by atoms with Crippen LogP contribution in [0.1, 0.15) is 18.9 Å². The molecule has 2 N–H and O–H groups in total. The SMILES string of the molecule is COc1ccc(CN(C)C(=O)C(C)CCN)cc1. The molecule has 1 rings (SSSR count). The lowest BCUT2D eigenvalue weighted by Gasteiger charge is -2.21. The summed E-state index contributed by atoms with van der Waals surface area (Å²) in [5, 5.41) is 0. The van der Waals surface area contributed by atoms with Gasteiger partial charge >= 0.3 is 0 Å². The lowest BCUT2D eigenvalue weighted by molar-refractivity contribution is -0.134. The zero-order valence-electron chi connectivity index (χ0n) is 11.3. The van der Waals surface area contributed by atoms with Gasteiger partial charge in [-0.25, -0.2) is 0 Å². The van der Waals surface area contributed by atoms with Gasteiger partial charge in [-0.15, -0.1) is 0 Å². The van der Waals surface area contributed by atoms with Gasteiger partial charge in [0.05, 0.1) is 7.11 Å². The molecule has 0 aliphatic carbocycles. The molecule has 1 unspecified atom stereocenters. The van der Waals surface area contributed by atoms with Crippen LogP contribution in [0.4, 0.5) is 0 Å². The van der Waals surface area contributed by atoms with Crippen LogP contribution in [0, 0.1) is 5.92 Å². The second kappa shape index (κ2) is 7.01. The highest BCUT2D eigenvalue weighted by Gasteiger charge is 2.16. The molecule has 100 valence electrons. The predicted octanol–water partition coefficient (Wildman–Crippen LogP) is 1.64. The van der Waals surface area contributed by atoms with Gasteiger partial charge in [-0.1, -0.05) is 19.1 Å². The first kappa shape index (κ1) is 14.5. The summed E-state index contributed by atoms with van der Waals surface area (Å²) in [4.78, 5) is 13.7. The molecule has 0 aliphatic heterocycles. The number of nitrogens with zero attached hydrogens (tertiary/aromatic N) is 1. The molecule has 4 nitrogen and oxygen atoms in total. The first-order valence-electron chi connectivity index (χ1n) is 6.16. The summed E-state index contributed by atoms with van der Waals surface area (Å²) in [6.07, 6.45) is 0.728. The van der Waals surface area contributed by atoms with Crippen LogP contribution in [0.15, 0.2) is 24.3 Å². The molecule has 0 saturated heterocycles. The molecule has 0 heterocycles. The standard InChI is InChI=1S/C14H22N2O2/c1-11(8-9-15)14(17)16(2)10-12-4-6-13(18-3)7-5-12/h4-7,11H,8-10,15H2,1-3H3. The molecule has 4 heteroatoms. The number of amides is 1. The summed E-state index contributed by atoms with van der Waals surface area (Å²) in [5.74, 6) is 0.943. The van der Waals surface area contributed by atoms with Crippen LogP contribution in [0.5, 0.6) is 5.75 Å². The van der Waals surface area contributed by atoms with Crippen LogP contribution >= 0.6 is 0 Å². The van der Waals surface area contributed by atoms with E-state index < -0.39 is 0 Å². The largest absolute Gasteiger partial charge is 0.497 e. The minimum Gasteiger partial charge on any atom is -0.497 e. The lowest BCUT2D eigenvalue weighted by Crippen LogP contribution is -2.32. The van der Waals surface area contributed by atoms with Crippen molar-refractivity contribution in [1.29, 1.82) is 0 Å². The van der Waals surface area contributed by atoms with Crippen molar-refractivity contribution >= 4 is 5.91 Å². The Hall–Kier alpha value is -1.55. The molecule has 0 bridgehead atoms. The van der Waals surface area contributed by atoms with Gasteiger partial charge in [-0.3, -0.25) is 4.79 Å². The number of benzene rings is 1. The molecule has 1 amide bonds. The molecule has 0 radical (unpaired) electrons. The van der Waals surface area contributed by atoms with E-state index in [1.54, 1.807) is 12.0 Å². The Labute approximate surface area is 109 Å². The van der Waals surface area contributed by atoms with Gasteiger partial charge in [-0.2, -0.15) is 0 Å². The van der Waals surface area contributed by atoms with Crippen LogP contribution in [-0.4, -0.2) is 31.5 Å². The Morgan fingerprint density at radius 1 is 1.39 bits per heavy atom. The van der Waals surface area contributed by atoms with Crippen LogP contribution in [0.25, 0.3) is 0 Å². The van der Waals surface area contributed by atoms with Crippen LogP contribution in [0.2, 0.25) is 0 Å². The molecular weight excluding hydrogens is 228 g/mol. The Morgan fingerprint density at radius 2 is 2.00 bits per heavy atom. The van der Waals surface area contributed by atoms with Gasteiger partial charge in [0.15, 0.2) is 0 Å². The highest BCUT2D eigenvalue weighted by molar-refractivity contribution is 5.78. The van der Waals surface area contributed by atoms with E-state index >= 15 is 0 Å². The van der Waals surface area contributed by atoms with E-state index in [1.807, 2.05) is 38.2 Å². The van der Waals surface area contributed by atoms with E-state index in [9.17, 15) is 4.79 Å². The van der Waals surface area contributed by atoms with Crippen molar-refractivity contribution in [3.05, 3.63) is 29.8 Å². The number of carbonyl (C=O) groups is 1. The highest BCUT2D eigenvalue weighted by Crippen LogP contribution is 2.14. The first-order valence-corrected chi connectivity index (χ1v) is 6.16. The zero-order valence-corrected chi connectivity index (χ0v) is 11.3. The van der Waals surface area contributed by atoms with Gasteiger partial charge in [0.2, 0.25) is 5.91 Å². The van der Waals surface area contributed by atoms with Crippen molar-refractivity contribution in [3.63, 3.8) is 0 Å². The quantitative estimate of drug-likeness (QED) is 0.835. The maximum atomic E-state index is 12.0. The predicted molar refractivity (Wildman–Crippen MR) is 72.3 cm³/mol. The number of rotatable bonds is 6. The number of hydrogen-bond acceptors (Lipinski definition) is 3. The summed E-state index contributed by atoms with van der Waals surface area (Å²) >= 11 is 0. The van der Waals surface area contributed by atoms with Crippen molar-refractivity contribution in [2.75, 3.05) is 20.7 Å². The first-order chi connectivity index (χ1) is 8.58. The molecule has 1 aromatic rings. The molecule has 18 heavy (non-hydrogen) atoms. The van der Waals surface area contributed by atoms with Crippen molar-refractivity contribution in [1.82, 2.24) is 4.90 Å². The van der Waals surface area contributed by atoms with Crippen LogP contribution in [-0.2, 0) is 11.3 Å². The topological polar surface area (TPSA) is 55.6 Å². The maximum absolute atomic E-state index is 12.0. The van der Waals surface area contributed by atoms with Gasteiger partial charge in [0.1, 0.15) is 5.75 Å². The molecule has 0 saturated carbocycles. The Balaban J connectivity index is 2.57. The summed E-state index contributed by atoms with van der Waals surface area (Å²) in [5.41, 5.74) is 6.56. The van der Waals surface area contributed by atoms with E-state index in [1.165, 1.54) is 0 Å². The summed E-state index contributed by atoms with van der Waals surface area (Å²) < 4.78 is 5.10. The third-order valence-corrected chi connectivity index (χ3v) is 2.98. The molecule has 0 aromatic heterocycles. The molecule has 1 atom stereocenters. The second-order valence-electron chi connectivity index (χ2n) is 4.52. The highest BCUT2D eigenvalue weighted by atomic mass is 16.5. The van der Waals surface area contributed by atoms with Gasteiger partial charge < -0.3 is 15.4 Å². The fourth-order valence-electron chi connectivity index (χ4n) is 1.83. The van der Waals surface area contributed by atoms with E-state index in [4.69, 9.17) is 10.5 Å². The van der Waals surface area contributed by atoms with E-state index in [2.05, 4.69) is 0 Å². The average molecular weight is 250 g/mol. The van der Waals surface area contributed by atoms with E-state index in [0.29, 0.717) is 13.1 Å². The Bertz CT molecular complexity index is 376.